The highest BCUT2D eigenvalue weighted by atomic mass is 79.9. The van der Waals surface area contributed by atoms with Crippen LogP contribution in [0.5, 0.6) is 0 Å². The van der Waals surface area contributed by atoms with Gasteiger partial charge in [0.1, 0.15) is 0 Å². The third-order valence-corrected chi connectivity index (χ3v) is 5.01. The molecule has 2 aromatic heterocycles. The number of amides is 1. The molecule has 1 aliphatic heterocycles. The summed E-state index contributed by atoms with van der Waals surface area (Å²) in [4.78, 5) is 19.1. The van der Waals surface area contributed by atoms with E-state index in [1.807, 2.05) is 4.90 Å². The average molecular weight is 385 g/mol. The van der Waals surface area contributed by atoms with Crippen molar-refractivity contribution >= 4 is 27.5 Å². The Morgan fingerprint density at radius 2 is 2.17 bits per heavy atom. The van der Waals surface area contributed by atoms with E-state index in [2.05, 4.69) is 58.1 Å². The summed E-state index contributed by atoms with van der Waals surface area (Å²) < 4.78 is 2.46. The molecule has 122 valence electrons. The van der Waals surface area contributed by atoms with Gasteiger partial charge in [0, 0.05) is 25.0 Å². The van der Waals surface area contributed by atoms with E-state index in [1.165, 1.54) is 16.7 Å². The normalized spacial score (nSPS) is 17.1. The van der Waals surface area contributed by atoms with E-state index in [4.69, 9.17) is 0 Å². The highest BCUT2D eigenvalue weighted by molar-refractivity contribution is 9.10. The highest BCUT2D eigenvalue weighted by Crippen LogP contribution is 2.31. The van der Waals surface area contributed by atoms with E-state index in [0.29, 0.717) is 17.9 Å². The predicted octanol–water partition coefficient (Wildman–Crippen LogP) is 3.56. The van der Waals surface area contributed by atoms with Gasteiger partial charge in [-0.25, -0.2) is 9.50 Å². The van der Waals surface area contributed by atoms with Gasteiger partial charge in [0.25, 0.3) is 5.91 Å². The summed E-state index contributed by atoms with van der Waals surface area (Å²) in [5.41, 5.74) is 4.89. The molecule has 0 saturated heterocycles. The third kappa shape index (κ3) is 2.51. The zero-order valence-electron chi connectivity index (χ0n) is 13.5. The fourth-order valence-electron chi connectivity index (χ4n) is 3.32. The van der Waals surface area contributed by atoms with Gasteiger partial charge in [-0.05, 0) is 47.3 Å². The average Bonchev–Trinajstić information content (AvgIpc) is 2.98. The first-order valence-electron chi connectivity index (χ1n) is 7.94. The van der Waals surface area contributed by atoms with Crippen LogP contribution in [0.2, 0.25) is 0 Å². The Kier molecular flexibility index (Phi) is 3.64. The minimum Gasteiger partial charge on any atom is -0.330 e. The lowest BCUT2D eigenvalue weighted by atomic mass is 9.92. The molecule has 0 spiro atoms. The number of fused-ring (bicyclic) bond motifs is 2. The number of nitrogens with zero attached hydrogens (tertiary/aromatic N) is 4. The maximum atomic E-state index is 13.0. The molecular weight excluding hydrogens is 368 g/mol. The van der Waals surface area contributed by atoms with Crippen LogP contribution in [0.3, 0.4) is 0 Å². The molecule has 3 heterocycles. The third-order valence-electron chi connectivity index (χ3n) is 4.60. The summed E-state index contributed by atoms with van der Waals surface area (Å²) in [5, 5.41) is 4.39. The maximum absolute atomic E-state index is 13.0. The molecule has 0 N–H and O–H groups in total. The topological polar surface area (TPSA) is 50.5 Å². The van der Waals surface area contributed by atoms with Crippen molar-refractivity contribution in [2.24, 2.45) is 0 Å². The van der Waals surface area contributed by atoms with Crippen molar-refractivity contribution in [2.75, 3.05) is 6.54 Å². The molecule has 4 rings (SSSR count). The summed E-state index contributed by atoms with van der Waals surface area (Å²) in [6.07, 6.45) is 4.38. The number of carbonyl (C=O) groups is 1. The van der Waals surface area contributed by atoms with E-state index in [9.17, 15) is 4.79 Å². The molecule has 0 saturated carbocycles. The lowest BCUT2D eigenvalue weighted by molar-refractivity contribution is 0.0671. The van der Waals surface area contributed by atoms with Gasteiger partial charge in [-0.3, -0.25) is 4.79 Å². The minimum absolute atomic E-state index is 0.0451. The van der Waals surface area contributed by atoms with Crippen molar-refractivity contribution in [2.45, 2.75) is 26.3 Å². The van der Waals surface area contributed by atoms with E-state index in [-0.39, 0.29) is 11.9 Å². The number of aromatic nitrogens is 3. The van der Waals surface area contributed by atoms with Crippen LogP contribution in [0.4, 0.5) is 0 Å². The number of hydrogen-bond acceptors (Lipinski definition) is 3. The number of halogens is 1. The van der Waals surface area contributed by atoms with Crippen LogP contribution in [-0.4, -0.2) is 31.9 Å². The first kappa shape index (κ1) is 15.3. The van der Waals surface area contributed by atoms with Gasteiger partial charge in [0.15, 0.2) is 11.3 Å². The molecule has 24 heavy (non-hydrogen) atoms. The number of rotatable bonds is 1. The van der Waals surface area contributed by atoms with Crippen LogP contribution in [0.1, 0.15) is 40.1 Å². The van der Waals surface area contributed by atoms with Crippen LogP contribution < -0.4 is 0 Å². The molecule has 3 aromatic rings. The van der Waals surface area contributed by atoms with Gasteiger partial charge in [-0.1, -0.05) is 23.8 Å². The SMILES string of the molecule is Cc1ccc2c(c1)C(C)N(C(=O)c1cc3ncc(Br)cn3n1)CC2. The minimum atomic E-state index is -0.0451. The Bertz CT molecular complexity index is 949. The molecule has 6 heteroatoms. The van der Waals surface area contributed by atoms with E-state index >= 15 is 0 Å². The van der Waals surface area contributed by atoms with Gasteiger partial charge < -0.3 is 4.90 Å². The van der Waals surface area contributed by atoms with E-state index < -0.39 is 0 Å². The predicted molar refractivity (Wildman–Crippen MR) is 95.0 cm³/mol. The van der Waals surface area contributed by atoms with E-state index in [1.54, 1.807) is 23.0 Å². The summed E-state index contributed by atoms with van der Waals surface area (Å²) in [6.45, 7) is 4.88. The monoisotopic (exact) mass is 384 g/mol. The molecule has 1 aromatic carbocycles. The molecule has 1 aliphatic rings. The molecule has 1 atom stereocenters. The van der Waals surface area contributed by atoms with Crippen molar-refractivity contribution in [1.29, 1.82) is 0 Å². The van der Waals surface area contributed by atoms with Crippen LogP contribution in [0.25, 0.3) is 5.65 Å². The number of aryl methyl sites for hydroxylation is 1. The smallest absolute Gasteiger partial charge is 0.274 e. The Morgan fingerprint density at radius 1 is 1.33 bits per heavy atom. The van der Waals surface area contributed by atoms with Crippen molar-refractivity contribution in [1.82, 2.24) is 19.5 Å². The highest BCUT2D eigenvalue weighted by Gasteiger charge is 2.29. The Balaban J connectivity index is 1.68. The summed E-state index contributed by atoms with van der Waals surface area (Å²) in [6, 6.07) is 8.28. The van der Waals surface area contributed by atoms with Crippen molar-refractivity contribution in [3.8, 4) is 0 Å². The molecule has 1 unspecified atom stereocenters. The molecular formula is C18H17BrN4O. The van der Waals surface area contributed by atoms with Crippen molar-refractivity contribution < 1.29 is 4.79 Å². The molecule has 0 aliphatic carbocycles. The maximum Gasteiger partial charge on any atom is 0.274 e. The second kappa shape index (κ2) is 5.70. The molecule has 5 nitrogen and oxygen atoms in total. The molecule has 0 bridgehead atoms. The number of carbonyl (C=O) groups excluding carboxylic acids is 1. The lowest BCUT2D eigenvalue weighted by Gasteiger charge is -2.35. The van der Waals surface area contributed by atoms with Crippen LogP contribution in [0, 0.1) is 6.92 Å². The van der Waals surface area contributed by atoms with Gasteiger partial charge in [-0.2, -0.15) is 5.10 Å². The number of benzene rings is 1. The van der Waals surface area contributed by atoms with Gasteiger partial charge in [0.05, 0.1) is 10.5 Å². The fourth-order valence-corrected chi connectivity index (χ4v) is 3.61. The Hall–Kier alpha value is -2.21. The first-order valence-corrected chi connectivity index (χ1v) is 8.73. The summed E-state index contributed by atoms with van der Waals surface area (Å²) in [5.74, 6) is -0.0451. The van der Waals surface area contributed by atoms with Crippen LogP contribution in [-0.2, 0) is 6.42 Å². The zero-order valence-corrected chi connectivity index (χ0v) is 15.1. The fraction of sp³-hybridized carbons (Fsp3) is 0.278. The second-order valence-corrected chi connectivity index (χ2v) is 7.15. The molecule has 1 amide bonds. The van der Waals surface area contributed by atoms with Crippen molar-refractivity contribution in [3.05, 3.63) is 63.5 Å². The summed E-state index contributed by atoms with van der Waals surface area (Å²) in [7, 11) is 0. The van der Waals surface area contributed by atoms with Crippen LogP contribution >= 0.6 is 15.9 Å². The molecule has 0 fully saturated rings. The van der Waals surface area contributed by atoms with Gasteiger partial charge >= 0.3 is 0 Å². The van der Waals surface area contributed by atoms with E-state index in [0.717, 1.165) is 10.9 Å². The summed E-state index contributed by atoms with van der Waals surface area (Å²) >= 11 is 3.37. The largest absolute Gasteiger partial charge is 0.330 e. The lowest BCUT2D eigenvalue weighted by Crippen LogP contribution is -2.39. The Labute approximate surface area is 148 Å². The van der Waals surface area contributed by atoms with Crippen LogP contribution in [0.15, 0.2) is 41.1 Å². The number of hydrogen-bond donors (Lipinski definition) is 0. The quantitative estimate of drug-likeness (QED) is 0.644. The standard InChI is InChI=1S/C18H17BrN4O/c1-11-3-4-13-5-6-22(12(2)15(13)7-11)18(24)16-8-17-20-9-14(19)10-23(17)21-16/h3-4,7-10,12H,5-6H2,1-2H3. The molecule has 0 radical (unpaired) electrons. The first-order chi connectivity index (χ1) is 11.5. The van der Waals surface area contributed by atoms with Crippen molar-refractivity contribution in [3.63, 3.8) is 0 Å². The van der Waals surface area contributed by atoms with Gasteiger partial charge in [-0.15, -0.1) is 0 Å². The Morgan fingerprint density at radius 3 is 3.00 bits per heavy atom. The second-order valence-electron chi connectivity index (χ2n) is 6.23. The zero-order chi connectivity index (χ0) is 16.8. The van der Waals surface area contributed by atoms with Gasteiger partial charge in [0.2, 0.25) is 0 Å².